The van der Waals surface area contributed by atoms with Gasteiger partial charge in [-0.15, -0.1) is 0 Å². The van der Waals surface area contributed by atoms with Gasteiger partial charge in [-0.2, -0.15) is 0 Å². The van der Waals surface area contributed by atoms with Crippen molar-refractivity contribution in [1.82, 2.24) is 0 Å². The first-order valence-corrected chi connectivity index (χ1v) is 5.98. The van der Waals surface area contributed by atoms with Crippen LogP contribution in [0.4, 0.5) is 4.39 Å². The molecule has 0 saturated carbocycles. The lowest BCUT2D eigenvalue weighted by Crippen LogP contribution is -2.37. The van der Waals surface area contributed by atoms with Gasteiger partial charge in [0.05, 0.1) is 18.2 Å². The highest BCUT2D eigenvalue weighted by Crippen LogP contribution is 2.31. The smallest absolute Gasteiger partial charge is 0.142 e. The van der Waals surface area contributed by atoms with E-state index in [4.69, 9.17) is 11.6 Å². The van der Waals surface area contributed by atoms with Crippen LogP contribution in [0, 0.1) is 17.2 Å². The number of benzene rings is 1. The summed E-state index contributed by atoms with van der Waals surface area (Å²) >= 11 is 5.61. The summed E-state index contributed by atoms with van der Waals surface area (Å²) < 4.78 is 13.3. The van der Waals surface area contributed by atoms with Gasteiger partial charge in [-0.25, -0.2) is 4.39 Å². The third kappa shape index (κ3) is 3.18. The highest BCUT2D eigenvalue weighted by molar-refractivity contribution is 6.30. The van der Waals surface area contributed by atoms with Gasteiger partial charge in [0, 0.05) is 5.41 Å². The highest BCUT2D eigenvalue weighted by Gasteiger charge is 2.32. The number of rotatable bonds is 5. The van der Waals surface area contributed by atoms with Crippen LogP contribution in [0.25, 0.3) is 0 Å². The molecule has 1 rings (SSSR count). The molecule has 17 heavy (non-hydrogen) atoms. The second-order valence-electron chi connectivity index (χ2n) is 4.76. The minimum atomic E-state index is -0.625. The lowest BCUT2D eigenvalue weighted by atomic mass is 9.74. The van der Waals surface area contributed by atoms with Crippen molar-refractivity contribution < 1.29 is 14.6 Å². The number of halogens is 2. The second-order valence-corrected chi connectivity index (χ2v) is 5.17. The van der Waals surface area contributed by atoms with Crippen LogP contribution in [0.3, 0.4) is 0 Å². The largest absolute Gasteiger partial charge is 0.396 e. The molecule has 0 saturated heterocycles. The van der Waals surface area contributed by atoms with Crippen molar-refractivity contribution in [2.75, 3.05) is 13.2 Å². The van der Waals surface area contributed by atoms with E-state index >= 15 is 0 Å². The van der Waals surface area contributed by atoms with Gasteiger partial charge in [0.25, 0.3) is 0 Å². The number of hydrogen-bond acceptors (Lipinski definition) is 2. The molecule has 0 aromatic heterocycles. The summed E-state index contributed by atoms with van der Waals surface area (Å²) in [6.07, 6.45) is 0.422. The first-order valence-electron chi connectivity index (χ1n) is 5.61. The summed E-state index contributed by atoms with van der Waals surface area (Å²) in [5.74, 6) is -0.381. The summed E-state index contributed by atoms with van der Waals surface area (Å²) in [6.45, 7) is 3.59. The van der Waals surface area contributed by atoms with Crippen LogP contribution in [0.2, 0.25) is 5.02 Å². The van der Waals surface area contributed by atoms with E-state index in [1.54, 1.807) is 6.07 Å². The summed E-state index contributed by atoms with van der Waals surface area (Å²) in [4.78, 5) is 0. The average Bonchev–Trinajstić information content (AvgIpc) is 2.30. The van der Waals surface area contributed by atoms with Crippen molar-refractivity contribution in [3.8, 4) is 0 Å². The van der Waals surface area contributed by atoms with E-state index in [0.29, 0.717) is 6.42 Å². The quantitative estimate of drug-likeness (QED) is 0.855. The molecule has 0 bridgehead atoms. The molecule has 0 spiro atoms. The van der Waals surface area contributed by atoms with Crippen LogP contribution >= 0.6 is 11.6 Å². The second kappa shape index (κ2) is 5.80. The maximum atomic E-state index is 13.3. The topological polar surface area (TPSA) is 40.5 Å². The summed E-state index contributed by atoms with van der Waals surface area (Å²) in [5, 5.41) is 19.0. The fraction of sp³-hybridized carbons (Fsp3) is 0.538. The van der Waals surface area contributed by atoms with Gasteiger partial charge < -0.3 is 10.2 Å². The number of hydrogen-bond donors (Lipinski definition) is 2. The Balaban J connectivity index is 2.97. The van der Waals surface area contributed by atoms with Crippen LogP contribution in [-0.2, 0) is 6.42 Å². The van der Waals surface area contributed by atoms with Crippen LogP contribution in [-0.4, -0.2) is 23.4 Å². The van der Waals surface area contributed by atoms with Crippen LogP contribution in [0.1, 0.15) is 19.4 Å². The standard InChI is InChI=1S/C13H18ClFO2/c1-9(2)13(7-16,8-17)6-10-3-4-11(14)12(15)5-10/h3-5,9,16-17H,6-8H2,1-2H3. The molecule has 0 aliphatic heterocycles. The molecule has 2 nitrogen and oxygen atoms in total. The predicted molar refractivity (Wildman–Crippen MR) is 66.6 cm³/mol. The molecule has 2 N–H and O–H groups in total. The van der Waals surface area contributed by atoms with E-state index in [0.717, 1.165) is 5.56 Å². The molecule has 0 radical (unpaired) electrons. The summed E-state index contributed by atoms with van der Waals surface area (Å²) in [7, 11) is 0. The third-order valence-electron chi connectivity index (χ3n) is 3.39. The molecule has 0 fully saturated rings. The number of aliphatic hydroxyl groups excluding tert-OH is 2. The third-order valence-corrected chi connectivity index (χ3v) is 3.70. The molecule has 0 aliphatic carbocycles. The van der Waals surface area contributed by atoms with Crippen LogP contribution < -0.4 is 0 Å². The summed E-state index contributed by atoms with van der Waals surface area (Å²) in [6, 6.07) is 4.56. The Morgan fingerprint density at radius 1 is 1.29 bits per heavy atom. The molecule has 0 heterocycles. The predicted octanol–water partition coefficient (Wildman–Crippen LogP) is 2.65. The fourth-order valence-electron chi connectivity index (χ4n) is 1.79. The average molecular weight is 261 g/mol. The minimum Gasteiger partial charge on any atom is -0.396 e. The zero-order valence-electron chi connectivity index (χ0n) is 10.1. The van der Waals surface area contributed by atoms with Gasteiger partial charge in [0.1, 0.15) is 5.82 Å². The van der Waals surface area contributed by atoms with E-state index < -0.39 is 11.2 Å². The van der Waals surface area contributed by atoms with Crippen molar-refractivity contribution in [2.24, 2.45) is 11.3 Å². The van der Waals surface area contributed by atoms with Gasteiger partial charge in [-0.05, 0) is 30.0 Å². The normalized spacial score (nSPS) is 12.2. The number of aliphatic hydroxyl groups is 2. The molecule has 96 valence electrons. The molecule has 0 amide bonds. The Bertz CT molecular complexity index is 376. The zero-order chi connectivity index (χ0) is 13.1. The summed E-state index contributed by atoms with van der Waals surface area (Å²) in [5.41, 5.74) is 0.101. The Morgan fingerprint density at radius 2 is 1.88 bits per heavy atom. The Labute approximate surface area is 106 Å². The zero-order valence-corrected chi connectivity index (χ0v) is 10.8. The first kappa shape index (κ1) is 14.4. The van der Waals surface area contributed by atoms with Gasteiger partial charge in [0.2, 0.25) is 0 Å². The van der Waals surface area contributed by atoms with Crippen molar-refractivity contribution in [3.05, 3.63) is 34.6 Å². The lowest BCUT2D eigenvalue weighted by Gasteiger charge is -2.34. The Morgan fingerprint density at radius 3 is 2.29 bits per heavy atom. The SMILES string of the molecule is CC(C)C(CO)(CO)Cc1ccc(Cl)c(F)c1. The first-order chi connectivity index (χ1) is 7.95. The van der Waals surface area contributed by atoms with Crippen LogP contribution in [0.15, 0.2) is 18.2 Å². The highest BCUT2D eigenvalue weighted by atomic mass is 35.5. The van der Waals surface area contributed by atoms with E-state index in [2.05, 4.69) is 0 Å². The maximum absolute atomic E-state index is 13.3. The minimum absolute atomic E-state index is 0.0805. The molecule has 1 aromatic carbocycles. The monoisotopic (exact) mass is 260 g/mol. The molecule has 0 aliphatic rings. The van der Waals surface area contributed by atoms with E-state index in [9.17, 15) is 14.6 Å². The lowest BCUT2D eigenvalue weighted by molar-refractivity contribution is 0.0163. The van der Waals surface area contributed by atoms with Crippen molar-refractivity contribution >= 4 is 11.6 Å². The van der Waals surface area contributed by atoms with Gasteiger partial charge in [-0.1, -0.05) is 31.5 Å². The molecular weight excluding hydrogens is 243 g/mol. The van der Waals surface area contributed by atoms with Crippen molar-refractivity contribution in [3.63, 3.8) is 0 Å². The molecule has 0 atom stereocenters. The van der Waals surface area contributed by atoms with Crippen molar-refractivity contribution in [1.29, 1.82) is 0 Å². The van der Waals surface area contributed by atoms with Crippen LogP contribution in [0.5, 0.6) is 0 Å². The van der Waals surface area contributed by atoms with Gasteiger partial charge in [0.15, 0.2) is 0 Å². The molecular formula is C13H18ClFO2. The molecule has 4 heteroatoms. The van der Waals surface area contributed by atoms with E-state index in [1.165, 1.54) is 12.1 Å². The van der Waals surface area contributed by atoms with E-state index in [-0.39, 0.29) is 24.2 Å². The van der Waals surface area contributed by atoms with Gasteiger partial charge >= 0.3 is 0 Å². The van der Waals surface area contributed by atoms with Gasteiger partial charge in [-0.3, -0.25) is 0 Å². The molecule has 0 unspecified atom stereocenters. The maximum Gasteiger partial charge on any atom is 0.142 e. The fourth-order valence-corrected chi connectivity index (χ4v) is 1.90. The van der Waals surface area contributed by atoms with Crippen molar-refractivity contribution in [2.45, 2.75) is 20.3 Å². The Kier molecular flexibility index (Phi) is 4.92. The van der Waals surface area contributed by atoms with E-state index in [1.807, 2.05) is 13.8 Å². The molecule has 1 aromatic rings. The Hall–Kier alpha value is -0.640.